The number of hydrogen-bond acceptors (Lipinski definition) is 2. The summed E-state index contributed by atoms with van der Waals surface area (Å²) in [5, 5.41) is 8.61. The molecular formula is C22H24F6O3. The summed E-state index contributed by atoms with van der Waals surface area (Å²) in [7, 11) is 0. The largest absolute Gasteiger partial charge is 0.481 e. The van der Waals surface area contributed by atoms with E-state index in [9.17, 15) is 35.9 Å². The van der Waals surface area contributed by atoms with Gasteiger partial charge in [0.2, 0.25) is 0 Å². The smallest absolute Gasteiger partial charge is 0.416 e. The Balaban J connectivity index is 2.07. The fourth-order valence-corrected chi connectivity index (χ4v) is 3.84. The van der Waals surface area contributed by atoms with Gasteiger partial charge in [0.25, 0.3) is 0 Å². The number of carbonyl (C=O) groups is 2. The third-order valence-corrected chi connectivity index (χ3v) is 5.46. The van der Waals surface area contributed by atoms with Crippen LogP contribution < -0.4 is 0 Å². The van der Waals surface area contributed by atoms with Crippen molar-refractivity contribution in [1.82, 2.24) is 0 Å². The van der Waals surface area contributed by atoms with Gasteiger partial charge in [0, 0.05) is 18.8 Å². The van der Waals surface area contributed by atoms with Crippen LogP contribution in [0.5, 0.6) is 0 Å². The molecule has 172 valence electrons. The standard InChI is InChI=1S/C22H24F6O3/c23-21(24,25)16-11-14(12-17(13-16)22(26,27)28)7-8-15-9-10-19(29)18(15)5-3-1-2-4-6-20(30)31/h7-8,11-13,15,18H,1-6,9-10H2,(H,30,31)/b8-7+. The number of ketones is 1. The average Bonchev–Trinajstić information content (AvgIpc) is 3.00. The van der Waals surface area contributed by atoms with E-state index >= 15 is 0 Å². The first-order valence-corrected chi connectivity index (χ1v) is 10.1. The van der Waals surface area contributed by atoms with Gasteiger partial charge in [-0.15, -0.1) is 0 Å². The summed E-state index contributed by atoms with van der Waals surface area (Å²) in [5.74, 6) is -1.38. The Morgan fingerprint density at radius 3 is 2.10 bits per heavy atom. The highest BCUT2D eigenvalue weighted by Crippen LogP contribution is 2.38. The molecular weight excluding hydrogens is 426 g/mol. The molecule has 2 rings (SSSR count). The molecule has 3 nitrogen and oxygen atoms in total. The molecule has 0 saturated heterocycles. The molecule has 0 radical (unpaired) electrons. The van der Waals surface area contributed by atoms with Crippen LogP contribution in [0, 0.1) is 11.8 Å². The molecule has 0 aliphatic heterocycles. The lowest BCUT2D eigenvalue weighted by molar-refractivity contribution is -0.143. The fourth-order valence-electron chi connectivity index (χ4n) is 3.84. The Hall–Kier alpha value is -2.32. The van der Waals surface area contributed by atoms with Crippen molar-refractivity contribution < 1.29 is 41.0 Å². The van der Waals surface area contributed by atoms with Crippen molar-refractivity contribution in [2.24, 2.45) is 11.8 Å². The summed E-state index contributed by atoms with van der Waals surface area (Å²) < 4.78 is 78.0. The summed E-state index contributed by atoms with van der Waals surface area (Å²) in [6.45, 7) is 0. The van der Waals surface area contributed by atoms with Crippen molar-refractivity contribution in [3.8, 4) is 0 Å². The van der Waals surface area contributed by atoms with Crippen LogP contribution in [0.2, 0.25) is 0 Å². The molecule has 2 unspecified atom stereocenters. The number of unbranched alkanes of at least 4 members (excludes halogenated alkanes) is 3. The van der Waals surface area contributed by atoms with Crippen molar-refractivity contribution in [3.63, 3.8) is 0 Å². The van der Waals surface area contributed by atoms with Crippen LogP contribution in [-0.2, 0) is 21.9 Å². The third kappa shape index (κ3) is 7.70. The van der Waals surface area contributed by atoms with Crippen LogP contribution in [0.3, 0.4) is 0 Å². The number of carboxylic acid groups (broad SMARTS) is 1. The van der Waals surface area contributed by atoms with Gasteiger partial charge in [-0.3, -0.25) is 9.59 Å². The maximum absolute atomic E-state index is 13.0. The Morgan fingerprint density at radius 1 is 0.968 bits per heavy atom. The number of aliphatic carboxylic acids is 1. The molecule has 31 heavy (non-hydrogen) atoms. The number of hydrogen-bond donors (Lipinski definition) is 1. The van der Waals surface area contributed by atoms with E-state index in [1.807, 2.05) is 0 Å². The Morgan fingerprint density at radius 2 is 1.55 bits per heavy atom. The zero-order chi connectivity index (χ0) is 23.2. The van der Waals surface area contributed by atoms with Gasteiger partial charge < -0.3 is 5.11 Å². The monoisotopic (exact) mass is 450 g/mol. The van der Waals surface area contributed by atoms with Crippen molar-refractivity contribution in [2.75, 3.05) is 0 Å². The van der Waals surface area contributed by atoms with Crippen LogP contribution >= 0.6 is 0 Å². The van der Waals surface area contributed by atoms with E-state index in [0.717, 1.165) is 12.8 Å². The number of carboxylic acids is 1. The van der Waals surface area contributed by atoms with Crippen molar-refractivity contribution in [3.05, 3.63) is 41.0 Å². The van der Waals surface area contributed by atoms with Crippen LogP contribution in [0.4, 0.5) is 26.3 Å². The van der Waals surface area contributed by atoms with E-state index in [2.05, 4.69) is 0 Å². The van der Waals surface area contributed by atoms with Crippen molar-refractivity contribution >= 4 is 17.8 Å². The lowest BCUT2D eigenvalue weighted by Crippen LogP contribution is -2.13. The number of halogens is 6. The van der Waals surface area contributed by atoms with Gasteiger partial charge in [-0.2, -0.15) is 26.3 Å². The predicted octanol–water partition coefficient (Wildman–Crippen LogP) is 6.76. The molecule has 0 heterocycles. The number of carbonyl (C=O) groups excluding carboxylic acids is 1. The van der Waals surface area contributed by atoms with E-state index in [1.54, 1.807) is 0 Å². The molecule has 1 aliphatic carbocycles. The van der Waals surface area contributed by atoms with E-state index in [1.165, 1.54) is 12.2 Å². The number of benzene rings is 1. The molecule has 1 fully saturated rings. The summed E-state index contributed by atoms with van der Waals surface area (Å²) in [4.78, 5) is 22.7. The molecule has 1 aliphatic rings. The molecule has 1 aromatic rings. The summed E-state index contributed by atoms with van der Waals surface area (Å²) in [6, 6.07) is 1.42. The lowest BCUT2D eigenvalue weighted by Gasteiger charge is -2.16. The fraction of sp³-hybridized carbons (Fsp3) is 0.545. The topological polar surface area (TPSA) is 54.4 Å². The van der Waals surface area contributed by atoms with Crippen LogP contribution in [-0.4, -0.2) is 16.9 Å². The van der Waals surface area contributed by atoms with Gasteiger partial charge in [0.1, 0.15) is 5.78 Å². The minimum Gasteiger partial charge on any atom is -0.481 e. The van der Waals surface area contributed by atoms with Gasteiger partial charge in [-0.1, -0.05) is 31.4 Å². The molecule has 9 heteroatoms. The molecule has 0 bridgehead atoms. The maximum atomic E-state index is 13.0. The SMILES string of the molecule is O=C(O)CCCCCCC1C(=O)CCC1/C=C/c1cc(C(F)(F)F)cc(C(F)(F)F)c1. The lowest BCUT2D eigenvalue weighted by atomic mass is 9.89. The second kappa shape index (κ2) is 10.3. The Labute approximate surface area is 176 Å². The van der Waals surface area contributed by atoms with Crippen molar-refractivity contribution in [1.29, 1.82) is 0 Å². The predicted molar refractivity (Wildman–Crippen MR) is 102 cm³/mol. The molecule has 1 N–H and O–H groups in total. The van der Waals surface area contributed by atoms with Gasteiger partial charge in [-0.05, 0) is 48.9 Å². The Bertz CT molecular complexity index is 778. The van der Waals surface area contributed by atoms with Crippen LogP contribution in [0.1, 0.15) is 68.1 Å². The average molecular weight is 450 g/mol. The third-order valence-electron chi connectivity index (χ3n) is 5.46. The molecule has 1 saturated carbocycles. The normalized spacial score (nSPS) is 20.0. The van der Waals surface area contributed by atoms with Gasteiger partial charge >= 0.3 is 18.3 Å². The summed E-state index contributed by atoms with van der Waals surface area (Å²) in [5.41, 5.74) is -2.96. The summed E-state index contributed by atoms with van der Waals surface area (Å²) in [6.07, 6.45) is -2.82. The molecule has 0 aromatic heterocycles. The number of Topliss-reactive ketones (excluding diaryl/α,β-unsaturated/α-hetero) is 1. The number of allylic oxidation sites excluding steroid dienone is 1. The quantitative estimate of drug-likeness (QED) is 0.334. The zero-order valence-electron chi connectivity index (χ0n) is 16.7. The Kier molecular flexibility index (Phi) is 8.31. The first-order valence-electron chi connectivity index (χ1n) is 10.1. The minimum absolute atomic E-state index is 0.0419. The van der Waals surface area contributed by atoms with Gasteiger partial charge in [0.15, 0.2) is 0 Å². The second-order valence-electron chi connectivity index (χ2n) is 7.82. The van der Waals surface area contributed by atoms with E-state index in [4.69, 9.17) is 5.11 Å². The highest BCUT2D eigenvalue weighted by Gasteiger charge is 2.37. The van der Waals surface area contributed by atoms with Gasteiger partial charge in [-0.25, -0.2) is 0 Å². The first-order chi connectivity index (χ1) is 14.4. The highest BCUT2D eigenvalue weighted by atomic mass is 19.4. The number of alkyl halides is 6. The second-order valence-corrected chi connectivity index (χ2v) is 7.82. The van der Waals surface area contributed by atoms with E-state index in [0.29, 0.717) is 44.2 Å². The van der Waals surface area contributed by atoms with E-state index in [-0.39, 0.29) is 35.7 Å². The first kappa shape index (κ1) is 24.9. The highest BCUT2D eigenvalue weighted by molar-refractivity contribution is 5.84. The molecule has 1 aromatic carbocycles. The molecule has 0 spiro atoms. The van der Waals surface area contributed by atoms with E-state index < -0.39 is 29.4 Å². The molecule has 0 amide bonds. The maximum Gasteiger partial charge on any atom is 0.416 e. The summed E-state index contributed by atoms with van der Waals surface area (Å²) >= 11 is 0. The number of rotatable bonds is 9. The van der Waals surface area contributed by atoms with Crippen LogP contribution in [0.25, 0.3) is 6.08 Å². The zero-order valence-corrected chi connectivity index (χ0v) is 16.7. The molecule has 2 atom stereocenters. The van der Waals surface area contributed by atoms with Crippen LogP contribution in [0.15, 0.2) is 24.3 Å². The minimum atomic E-state index is -4.91. The van der Waals surface area contributed by atoms with Crippen molar-refractivity contribution in [2.45, 2.75) is 63.7 Å². The van der Waals surface area contributed by atoms with Gasteiger partial charge in [0.05, 0.1) is 11.1 Å².